The lowest BCUT2D eigenvalue weighted by Gasteiger charge is -2.18. The van der Waals surface area contributed by atoms with Gasteiger partial charge in [-0.1, -0.05) is 31.8 Å². The monoisotopic (exact) mass is 360 g/mol. The van der Waals surface area contributed by atoms with E-state index in [9.17, 15) is 14.7 Å². The first kappa shape index (κ1) is 17.7. The van der Waals surface area contributed by atoms with Crippen LogP contribution in [0.15, 0.2) is 18.2 Å². The Morgan fingerprint density at radius 3 is 2.80 bits per heavy atom. The van der Waals surface area contributed by atoms with E-state index in [0.717, 1.165) is 17.0 Å². The third-order valence-corrected chi connectivity index (χ3v) is 6.21. The van der Waals surface area contributed by atoms with Gasteiger partial charge in [0.1, 0.15) is 12.4 Å². The summed E-state index contributed by atoms with van der Waals surface area (Å²) in [5.41, 5.74) is 2.22. The molecule has 6 nitrogen and oxygen atoms in total. The van der Waals surface area contributed by atoms with Gasteiger partial charge in [-0.15, -0.1) is 0 Å². The van der Waals surface area contributed by atoms with Crippen molar-refractivity contribution in [2.45, 2.75) is 38.8 Å². The standard InChI is InChI=1S/C18H24N2O4Si/c1-25(2,3)10-9-24-11-20-15-12(5-4-6-14(15)18(22)23)13-7-8-19-17(21)16(13)20/h4-6H,7-11H2,1-3H3,(H,19,21)(H,22,23). The topological polar surface area (TPSA) is 80.6 Å². The van der Waals surface area contributed by atoms with E-state index in [2.05, 4.69) is 25.0 Å². The van der Waals surface area contributed by atoms with Gasteiger partial charge < -0.3 is 19.7 Å². The summed E-state index contributed by atoms with van der Waals surface area (Å²) < 4.78 is 7.57. The molecule has 2 N–H and O–H groups in total. The number of hydrogen-bond donors (Lipinski definition) is 2. The summed E-state index contributed by atoms with van der Waals surface area (Å²) >= 11 is 0. The van der Waals surface area contributed by atoms with Gasteiger partial charge in [0, 0.05) is 26.6 Å². The highest BCUT2D eigenvalue weighted by Crippen LogP contribution is 2.31. The van der Waals surface area contributed by atoms with Crippen molar-refractivity contribution in [1.29, 1.82) is 0 Å². The van der Waals surface area contributed by atoms with E-state index in [1.54, 1.807) is 16.7 Å². The molecule has 0 unspecified atom stereocenters. The molecular weight excluding hydrogens is 336 g/mol. The first-order chi connectivity index (χ1) is 11.8. The second-order valence-electron chi connectivity index (χ2n) is 7.62. The fraction of sp³-hybridized carbons (Fsp3) is 0.444. The fourth-order valence-corrected chi connectivity index (χ4v) is 3.97. The van der Waals surface area contributed by atoms with Crippen LogP contribution in [0, 0.1) is 0 Å². The van der Waals surface area contributed by atoms with Crippen LogP contribution in [0.1, 0.15) is 26.4 Å². The number of benzene rings is 1. The number of ether oxygens (including phenoxy) is 1. The molecule has 0 radical (unpaired) electrons. The maximum absolute atomic E-state index is 12.4. The Balaban J connectivity index is 2.04. The summed E-state index contributed by atoms with van der Waals surface area (Å²) in [4.78, 5) is 24.1. The number of nitrogens with zero attached hydrogens (tertiary/aromatic N) is 1. The Labute approximate surface area is 147 Å². The van der Waals surface area contributed by atoms with Crippen LogP contribution in [0.3, 0.4) is 0 Å². The predicted molar refractivity (Wildman–Crippen MR) is 99.0 cm³/mol. The molecule has 2 aromatic rings. The Morgan fingerprint density at radius 1 is 1.36 bits per heavy atom. The maximum Gasteiger partial charge on any atom is 0.337 e. The van der Waals surface area contributed by atoms with Gasteiger partial charge in [-0.2, -0.15) is 0 Å². The van der Waals surface area contributed by atoms with Crippen molar-refractivity contribution in [3.8, 4) is 0 Å². The predicted octanol–water partition coefficient (Wildman–Crippen LogP) is 2.94. The number of hydrogen-bond acceptors (Lipinski definition) is 3. The van der Waals surface area contributed by atoms with E-state index in [0.29, 0.717) is 30.8 Å². The molecule has 0 fully saturated rings. The number of amides is 1. The molecular formula is C18H24N2O4Si. The number of carbonyl (C=O) groups is 2. The van der Waals surface area contributed by atoms with Crippen LogP contribution < -0.4 is 5.32 Å². The zero-order valence-corrected chi connectivity index (χ0v) is 15.9. The largest absolute Gasteiger partial charge is 0.478 e. The summed E-state index contributed by atoms with van der Waals surface area (Å²) in [5, 5.41) is 13.2. The molecule has 7 heteroatoms. The fourth-order valence-electron chi connectivity index (χ4n) is 3.21. The van der Waals surface area contributed by atoms with Gasteiger partial charge in [-0.05, 0) is 24.1 Å². The second-order valence-corrected chi connectivity index (χ2v) is 13.2. The van der Waals surface area contributed by atoms with E-state index >= 15 is 0 Å². The molecule has 0 saturated carbocycles. The van der Waals surface area contributed by atoms with Crippen molar-refractivity contribution in [3.63, 3.8) is 0 Å². The lowest BCUT2D eigenvalue weighted by atomic mass is 10.0. The lowest BCUT2D eigenvalue weighted by molar-refractivity contribution is 0.0693. The quantitative estimate of drug-likeness (QED) is 0.613. The van der Waals surface area contributed by atoms with Gasteiger partial charge in [0.25, 0.3) is 5.91 Å². The van der Waals surface area contributed by atoms with E-state index in [4.69, 9.17) is 4.74 Å². The SMILES string of the molecule is C[Si](C)(C)CCOCn1c2c(c3cccc(C(=O)O)c31)CCNC2=O. The van der Waals surface area contributed by atoms with Crippen LogP contribution in [-0.2, 0) is 17.9 Å². The third kappa shape index (κ3) is 3.47. The molecule has 1 aromatic heterocycles. The third-order valence-electron chi connectivity index (χ3n) is 4.51. The summed E-state index contributed by atoms with van der Waals surface area (Å²) in [6, 6.07) is 6.21. The minimum absolute atomic E-state index is 0.164. The lowest BCUT2D eigenvalue weighted by Crippen LogP contribution is -2.33. The number of aromatic carboxylic acids is 1. The van der Waals surface area contributed by atoms with Gasteiger partial charge >= 0.3 is 5.97 Å². The summed E-state index contributed by atoms with van der Waals surface area (Å²) in [7, 11) is -1.21. The van der Waals surface area contributed by atoms with Crippen molar-refractivity contribution < 1.29 is 19.4 Å². The zero-order valence-electron chi connectivity index (χ0n) is 14.9. The molecule has 1 aliphatic heterocycles. The molecule has 0 saturated heterocycles. The van der Waals surface area contributed by atoms with Gasteiger partial charge in [0.2, 0.25) is 0 Å². The van der Waals surface area contributed by atoms with E-state index in [1.807, 2.05) is 6.07 Å². The first-order valence-electron chi connectivity index (χ1n) is 8.53. The number of carboxylic acids is 1. The van der Waals surface area contributed by atoms with Gasteiger partial charge in [0.05, 0.1) is 11.1 Å². The highest BCUT2D eigenvalue weighted by Gasteiger charge is 2.28. The molecule has 3 rings (SSSR count). The molecule has 134 valence electrons. The zero-order chi connectivity index (χ0) is 18.2. The second kappa shape index (κ2) is 6.65. The Hall–Kier alpha value is -2.12. The smallest absolute Gasteiger partial charge is 0.337 e. The van der Waals surface area contributed by atoms with Crippen LogP contribution in [0.25, 0.3) is 10.9 Å². The van der Waals surface area contributed by atoms with Crippen molar-refractivity contribution in [1.82, 2.24) is 9.88 Å². The number of para-hydroxylation sites is 1. The summed E-state index contributed by atoms with van der Waals surface area (Å²) in [5.74, 6) is -1.16. The number of carboxylic acid groups (broad SMARTS) is 1. The van der Waals surface area contributed by atoms with Crippen molar-refractivity contribution in [3.05, 3.63) is 35.0 Å². The molecule has 0 aliphatic carbocycles. The van der Waals surface area contributed by atoms with Crippen molar-refractivity contribution in [2.75, 3.05) is 13.2 Å². The molecule has 1 amide bonds. The molecule has 0 spiro atoms. The van der Waals surface area contributed by atoms with Crippen LogP contribution in [-0.4, -0.2) is 42.8 Å². The Bertz CT molecular complexity index is 836. The molecule has 25 heavy (non-hydrogen) atoms. The van der Waals surface area contributed by atoms with Gasteiger partial charge in [-0.25, -0.2) is 4.79 Å². The van der Waals surface area contributed by atoms with Crippen LogP contribution in [0.2, 0.25) is 25.7 Å². The van der Waals surface area contributed by atoms with E-state index in [1.165, 1.54) is 0 Å². The summed E-state index contributed by atoms with van der Waals surface area (Å²) in [6.07, 6.45) is 0.697. The minimum Gasteiger partial charge on any atom is -0.478 e. The highest BCUT2D eigenvalue weighted by atomic mass is 28.3. The number of rotatable bonds is 6. The van der Waals surface area contributed by atoms with Gasteiger partial charge in [-0.3, -0.25) is 4.79 Å². The Morgan fingerprint density at radius 2 is 2.12 bits per heavy atom. The summed E-state index contributed by atoms with van der Waals surface area (Å²) in [6.45, 7) is 8.20. The molecule has 2 heterocycles. The van der Waals surface area contributed by atoms with Crippen LogP contribution in [0.5, 0.6) is 0 Å². The van der Waals surface area contributed by atoms with E-state index in [-0.39, 0.29) is 18.2 Å². The minimum atomic E-state index is -1.21. The Kier molecular flexibility index (Phi) is 4.70. The molecule has 0 bridgehead atoms. The number of aromatic nitrogens is 1. The number of nitrogens with one attached hydrogen (secondary N) is 1. The normalized spacial score (nSPS) is 14.4. The first-order valence-corrected chi connectivity index (χ1v) is 12.2. The molecule has 1 aliphatic rings. The van der Waals surface area contributed by atoms with Crippen molar-refractivity contribution >= 4 is 30.9 Å². The van der Waals surface area contributed by atoms with E-state index < -0.39 is 14.0 Å². The molecule has 1 aromatic carbocycles. The van der Waals surface area contributed by atoms with Crippen LogP contribution >= 0.6 is 0 Å². The number of fused-ring (bicyclic) bond motifs is 3. The molecule has 0 atom stereocenters. The van der Waals surface area contributed by atoms with Gasteiger partial charge in [0.15, 0.2) is 0 Å². The van der Waals surface area contributed by atoms with Crippen LogP contribution in [0.4, 0.5) is 0 Å². The average molecular weight is 360 g/mol. The number of carbonyl (C=O) groups excluding carboxylic acids is 1. The maximum atomic E-state index is 12.4. The average Bonchev–Trinajstić information content (AvgIpc) is 2.86. The van der Waals surface area contributed by atoms with Crippen molar-refractivity contribution in [2.24, 2.45) is 0 Å². The highest BCUT2D eigenvalue weighted by molar-refractivity contribution is 6.76.